The highest BCUT2D eigenvalue weighted by Crippen LogP contribution is 2.24. The van der Waals surface area contributed by atoms with Crippen LogP contribution in [0.2, 0.25) is 5.02 Å². The third-order valence-electron chi connectivity index (χ3n) is 3.09. The summed E-state index contributed by atoms with van der Waals surface area (Å²) >= 11 is 6.02. The molecule has 0 atom stereocenters. The number of nitrogens with one attached hydrogen (secondary N) is 1. The molecule has 2 N–H and O–H groups in total. The number of nitrogens with zero attached hydrogens (tertiary/aromatic N) is 2. The molecule has 1 heterocycles. The summed E-state index contributed by atoms with van der Waals surface area (Å²) < 4.78 is 0. The summed E-state index contributed by atoms with van der Waals surface area (Å²) in [6, 6.07) is 7.70. The van der Waals surface area contributed by atoms with Crippen molar-refractivity contribution in [2.45, 2.75) is 13.5 Å². The van der Waals surface area contributed by atoms with E-state index in [1.54, 1.807) is 0 Å². The van der Waals surface area contributed by atoms with Gasteiger partial charge in [0.25, 0.3) is 0 Å². The van der Waals surface area contributed by atoms with Crippen LogP contribution in [0.5, 0.6) is 0 Å². The van der Waals surface area contributed by atoms with E-state index < -0.39 is 0 Å². The van der Waals surface area contributed by atoms with Crippen molar-refractivity contribution in [1.29, 1.82) is 0 Å². The molecule has 0 unspecified atom stereocenters. The summed E-state index contributed by atoms with van der Waals surface area (Å²) in [5.41, 5.74) is 3.12. The maximum Gasteiger partial charge on any atom is 0.0695 e. The molecular weight excluding hydrogens is 262 g/mol. The Balaban J connectivity index is 2.22. The fraction of sp³-hybridized carbons (Fsp3) is 0.357. The van der Waals surface area contributed by atoms with Crippen LogP contribution in [-0.4, -0.2) is 39.9 Å². The van der Waals surface area contributed by atoms with Crippen molar-refractivity contribution in [2.24, 2.45) is 0 Å². The molecule has 0 fully saturated rings. The molecule has 0 aliphatic heterocycles. The van der Waals surface area contributed by atoms with Crippen LogP contribution in [0.1, 0.15) is 12.5 Å². The topological polar surface area (TPSA) is 52.1 Å². The molecule has 0 spiro atoms. The van der Waals surface area contributed by atoms with Gasteiger partial charge in [-0.15, -0.1) is 0 Å². The molecule has 0 saturated heterocycles. The number of likely N-dealkylation sites (N-methyl/N-ethyl adjacent to an activating group) is 1. The highest BCUT2D eigenvalue weighted by atomic mass is 35.5. The average molecular weight is 280 g/mol. The van der Waals surface area contributed by atoms with E-state index >= 15 is 0 Å². The first-order valence-electron chi connectivity index (χ1n) is 6.36. The van der Waals surface area contributed by atoms with Gasteiger partial charge >= 0.3 is 0 Å². The van der Waals surface area contributed by atoms with E-state index in [1.165, 1.54) is 0 Å². The van der Waals surface area contributed by atoms with Crippen molar-refractivity contribution >= 4 is 11.6 Å². The average Bonchev–Trinajstić information content (AvgIpc) is 2.86. The van der Waals surface area contributed by atoms with Crippen LogP contribution in [0, 0.1) is 0 Å². The molecule has 0 amide bonds. The SMILES string of the molecule is CCN(CCO)Cc1cn[nH]c1-c1cccc(Cl)c1. The van der Waals surface area contributed by atoms with E-state index in [1.807, 2.05) is 30.5 Å². The van der Waals surface area contributed by atoms with E-state index in [0.29, 0.717) is 11.6 Å². The van der Waals surface area contributed by atoms with E-state index in [2.05, 4.69) is 22.0 Å². The fourth-order valence-electron chi connectivity index (χ4n) is 2.06. The zero-order chi connectivity index (χ0) is 13.7. The molecule has 2 rings (SSSR count). The van der Waals surface area contributed by atoms with Crippen LogP contribution in [0.3, 0.4) is 0 Å². The van der Waals surface area contributed by atoms with Gasteiger partial charge in [0.1, 0.15) is 0 Å². The fourth-order valence-corrected chi connectivity index (χ4v) is 2.25. The molecule has 102 valence electrons. The van der Waals surface area contributed by atoms with Gasteiger partial charge in [-0.2, -0.15) is 5.10 Å². The van der Waals surface area contributed by atoms with Gasteiger partial charge in [-0.1, -0.05) is 30.7 Å². The number of halogens is 1. The van der Waals surface area contributed by atoms with Crippen molar-refractivity contribution in [2.75, 3.05) is 19.7 Å². The first-order valence-corrected chi connectivity index (χ1v) is 6.73. The maximum absolute atomic E-state index is 9.04. The van der Waals surface area contributed by atoms with Gasteiger partial charge < -0.3 is 5.11 Å². The molecule has 1 aromatic heterocycles. The lowest BCUT2D eigenvalue weighted by molar-refractivity contribution is 0.197. The lowest BCUT2D eigenvalue weighted by atomic mass is 10.1. The van der Waals surface area contributed by atoms with Crippen molar-refractivity contribution in [3.8, 4) is 11.3 Å². The molecule has 4 nitrogen and oxygen atoms in total. The maximum atomic E-state index is 9.04. The van der Waals surface area contributed by atoms with E-state index in [9.17, 15) is 0 Å². The van der Waals surface area contributed by atoms with Gasteiger partial charge in [-0.25, -0.2) is 0 Å². The number of aromatic nitrogens is 2. The van der Waals surface area contributed by atoms with Crippen LogP contribution in [-0.2, 0) is 6.54 Å². The smallest absolute Gasteiger partial charge is 0.0695 e. The molecule has 5 heteroatoms. The number of aliphatic hydroxyl groups excluding tert-OH is 1. The predicted octanol–water partition coefficient (Wildman–Crippen LogP) is 2.54. The quantitative estimate of drug-likeness (QED) is 0.854. The van der Waals surface area contributed by atoms with Crippen molar-refractivity contribution < 1.29 is 5.11 Å². The third-order valence-corrected chi connectivity index (χ3v) is 3.32. The summed E-state index contributed by atoms with van der Waals surface area (Å²) in [6.07, 6.45) is 1.83. The van der Waals surface area contributed by atoms with Crippen LogP contribution in [0.4, 0.5) is 0 Å². The van der Waals surface area contributed by atoms with Crippen molar-refractivity contribution in [1.82, 2.24) is 15.1 Å². The van der Waals surface area contributed by atoms with E-state index in [0.717, 1.165) is 29.9 Å². The monoisotopic (exact) mass is 279 g/mol. The Bertz CT molecular complexity index is 527. The second-order valence-electron chi connectivity index (χ2n) is 4.37. The highest BCUT2D eigenvalue weighted by molar-refractivity contribution is 6.30. The zero-order valence-electron chi connectivity index (χ0n) is 10.9. The minimum Gasteiger partial charge on any atom is -0.395 e. The van der Waals surface area contributed by atoms with E-state index in [-0.39, 0.29) is 6.61 Å². The van der Waals surface area contributed by atoms with Gasteiger partial charge in [-0.05, 0) is 18.7 Å². The number of benzene rings is 1. The molecular formula is C14H18ClN3O. The van der Waals surface area contributed by atoms with Crippen LogP contribution >= 0.6 is 11.6 Å². The zero-order valence-corrected chi connectivity index (χ0v) is 11.7. The highest BCUT2D eigenvalue weighted by Gasteiger charge is 2.11. The largest absolute Gasteiger partial charge is 0.395 e. The summed E-state index contributed by atoms with van der Waals surface area (Å²) in [4.78, 5) is 2.17. The molecule has 2 aromatic rings. The first-order chi connectivity index (χ1) is 9.24. The standard InChI is InChI=1S/C14H18ClN3O/c1-2-18(6-7-19)10-12-9-16-17-14(12)11-4-3-5-13(15)8-11/h3-5,8-9,19H,2,6-7,10H2,1H3,(H,16,17). The summed E-state index contributed by atoms with van der Waals surface area (Å²) in [6.45, 7) is 4.56. The molecule has 0 radical (unpaired) electrons. The Morgan fingerprint density at radius 1 is 1.42 bits per heavy atom. The summed E-state index contributed by atoms with van der Waals surface area (Å²) in [5, 5.41) is 16.9. The summed E-state index contributed by atoms with van der Waals surface area (Å²) in [5.74, 6) is 0. The van der Waals surface area contributed by atoms with Gasteiger partial charge in [0, 0.05) is 29.2 Å². The Hall–Kier alpha value is -1.36. The molecule has 0 aliphatic rings. The number of rotatable bonds is 6. The minimum absolute atomic E-state index is 0.165. The van der Waals surface area contributed by atoms with Crippen molar-refractivity contribution in [3.05, 3.63) is 41.0 Å². The lowest BCUT2D eigenvalue weighted by Crippen LogP contribution is -2.26. The number of hydrogen-bond donors (Lipinski definition) is 2. The van der Waals surface area contributed by atoms with Crippen molar-refractivity contribution in [3.63, 3.8) is 0 Å². The Morgan fingerprint density at radius 2 is 2.26 bits per heavy atom. The minimum atomic E-state index is 0.165. The number of H-pyrrole nitrogens is 1. The van der Waals surface area contributed by atoms with Crippen LogP contribution < -0.4 is 0 Å². The predicted molar refractivity (Wildman–Crippen MR) is 77.1 cm³/mol. The normalized spacial score (nSPS) is 11.2. The second-order valence-corrected chi connectivity index (χ2v) is 4.81. The third kappa shape index (κ3) is 3.56. The molecule has 1 aromatic carbocycles. The van der Waals surface area contributed by atoms with Gasteiger partial charge in [0.2, 0.25) is 0 Å². The number of aliphatic hydroxyl groups is 1. The van der Waals surface area contributed by atoms with Gasteiger partial charge in [0.05, 0.1) is 18.5 Å². The Kier molecular flexibility index (Phi) is 4.96. The van der Waals surface area contributed by atoms with Gasteiger partial charge in [0.15, 0.2) is 0 Å². The van der Waals surface area contributed by atoms with E-state index in [4.69, 9.17) is 16.7 Å². The summed E-state index contributed by atoms with van der Waals surface area (Å²) in [7, 11) is 0. The number of aromatic amines is 1. The molecule has 0 saturated carbocycles. The van der Waals surface area contributed by atoms with Crippen LogP contribution in [0.15, 0.2) is 30.5 Å². The number of hydrogen-bond acceptors (Lipinski definition) is 3. The molecule has 0 aliphatic carbocycles. The van der Waals surface area contributed by atoms with Gasteiger partial charge in [-0.3, -0.25) is 10.00 Å². The molecule has 19 heavy (non-hydrogen) atoms. The second kappa shape index (κ2) is 6.70. The Labute approximate surface area is 118 Å². The Morgan fingerprint density at radius 3 is 2.95 bits per heavy atom. The van der Waals surface area contributed by atoms with Crippen LogP contribution in [0.25, 0.3) is 11.3 Å². The first kappa shape index (κ1) is 14.1. The molecule has 0 bridgehead atoms. The lowest BCUT2D eigenvalue weighted by Gasteiger charge is -2.18.